The molecular formula is C21H23F4N3O3. The van der Waals surface area contributed by atoms with Crippen molar-refractivity contribution < 1.29 is 32.3 Å². The standard InChI is InChI=1S/C21H23F4N3O3/c1-11-5-6-12(22)7-15(11)19(2,3)10-20(31,21(23,24)25)9-13-8-14-16(26-13)27-18(30)28(4)17(14)29/h5-8,14,31H,9-10H2,1-4H3,(H,26,27,30). The van der Waals surface area contributed by atoms with Crippen LogP contribution in [0, 0.1) is 18.7 Å². The highest BCUT2D eigenvalue weighted by Gasteiger charge is 2.57. The molecule has 1 aromatic rings. The van der Waals surface area contributed by atoms with Crippen molar-refractivity contribution in [2.45, 2.75) is 50.8 Å². The molecule has 1 fully saturated rings. The van der Waals surface area contributed by atoms with E-state index in [0.717, 1.165) is 4.90 Å². The summed E-state index contributed by atoms with van der Waals surface area (Å²) in [4.78, 5) is 28.7. The molecule has 168 valence electrons. The van der Waals surface area contributed by atoms with E-state index >= 15 is 0 Å². The quantitative estimate of drug-likeness (QED) is 0.686. The van der Waals surface area contributed by atoms with Crippen molar-refractivity contribution in [2.75, 3.05) is 7.05 Å². The second-order valence-electron chi connectivity index (χ2n) is 8.69. The molecule has 2 aliphatic rings. The summed E-state index contributed by atoms with van der Waals surface area (Å²) >= 11 is 0. The Morgan fingerprint density at radius 2 is 1.87 bits per heavy atom. The number of nitrogens with zero attached hydrogens (tertiary/aromatic N) is 2. The summed E-state index contributed by atoms with van der Waals surface area (Å²) in [5.74, 6) is -2.28. The van der Waals surface area contributed by atoms with Crippen LogP contribution in [-0.2, 0) is 10.2 Å². The first-order valence-electron chi connectivity index (χ1n) is 9.58. The normalized spacial score (nSPS) is 21.3. The number of benzene rings is 1. The van der Waals surface area contributed by atoms with Gasteiger partial charge in [-0.1, -0.05) is 19.9 Å². The van der Waals surface area contributed by atoms with Crippen LogP contribution in [-0.4, -0.2) is 46.6 Å². The lowest BCUT2D eigenvalue weighted by Crippen LogP contribution is -2.55. The second kappa shape index (κ2) is 7.44. The van der Waals surface area contributed by atoms with Gasteiger partial charge >= 0.3 is 12.2 Å². The molecule has 31 heavy (non-hydrogen) atoms. The number of alkyl halides is 3. The lowest BCUT2D eigenvalue weighted by atomic mass is 9.72. The number of rotatable bonds is 5. The van der Waals surface area contributed by atoms with Gasteiger partial charge in [-0.05, 0) is 48.1 Å². The van der Waals surface area contributed by atoms with Gasteiger partial charge < -0.3 is 5.11 Å². The summed E-state index contributed by atoms with van der Waals surface area (Å²) in [5, 5.41) is 13.1. The molecule has 0 aliphatic carbocycles. The van der Waals surface area contributed by atoms with Crippen LogP contribution in [0.25, 0.3) is 0 Å². The molecule has 0 aromatic heterocycles. The highest BCUT2D eigenvalue weighted by molar-refractivity contribution is 6.20. The number of imide groups is 1. The monoisotopic (exact) mass is 441 g/mol. The molecule has 0 bridgehead atoms. The SMILES string of the molecule is Cc1ccc(F)cc1C(C)(C)CC(O)(CC1=CC2C(=O)N(C)C(=O)NC2=N1)C(F)(F)F. The Labute approximate surface area is 176 Å². The Morgan fingerprint density at radius 1 is 1.23 bits per heavy atom. The highest BCUT2D eigenvalue weighted by atomic mass is 19.4. The molecule has 3 rings (SSSR count). The van der Waals surface area contributed by atoms with Gasteiger partial charge in [-0.2, -0.15) is 13.2 Å². The average molecular weight is 441 g/mol. The fraction of sp³-hybridized carbons (Fsp3) is 0.476. The van der Waals surface area contributed by atoms with Gasteiger partial charge in [0.25, 0.3) is 0 Å². The fourth-order valence-electron chi connectivity index (χ4n) is 4.14. The zero-order valence-electron chi connectivity index (χ0n) is 17.5. The largest absolute Gasteiger partial charge is 0.417 e. The third kappa shape index (κ3) is 4.21. The minimum Gasteiger partial charge on any atom is -0.380 e. The molecule has 0 spiro atoms. The number of halogens is 4. The zero-order chi connectivity index (χ0) is 23.4. The first-order valence-corrected chi connectivity index (χ1v) is 9.58. The number of fused-ring (bicyclic) bond motifs is 1. The third-order valence-corrected chi connectivity index (χ3v) is 5.72. The number of aliphatic hydroxyl groups is 1. The summed E-state index contributed by atoms with van der Waals surface area (Å²) in [6, 6.07) is 3.12. The highest BCUT2D eigenvalue weighted by Crippen LogP contribution is 2.46. The molecule has 3 amide bonds. The van der Waals surface area contributed by atoms with Crippen LogP contribution < -0.4 is 5.32 Å². The number of carbonyl (C=O) groups is 2. The third-order valence-electron chi connectivity index (χ3n) is 5.72. The molecule has 2 unspecified atom stereocenters. The number of carbonyl (C=O) groups excluding carboxylic acids is 2. The number of hydrogen-bond donors (Lipinski definition) is 2. The molecule has 2 N–H and O–H groups in total. The Balaban J connectivity index is 1.93. The molecule has 0 radical (unpaired) electrons. The molecule has 0 saturated carbocycles. The van der Waals surface area contributed by atoms with E-state index in [2.05, 4.69) is 10.3 Å². The van der Waals surface area contributed by atoms with Crippen molar-refractivity contribution in [1.82, 2.24) is 10.2 Å². The van der Waals surface area contributed by atoms with E-state index < -0.39 is 53.7 Å². The van der Waals surface area contributed by atoms with Gasteiger partial charge in [-0.3, -0.25) is 15.0 Å². The van der Waals surface area contributed by atoms with E-state index in [9.17, 15) is 32.3 Å². The maximum absolute atomic E-state index is 14.0. The van der Waals surface area contributed by atoms with Crippen molar-refractivity contribution >= 4 is 17.8 Å². The van der Waals surface area contributed by atoms with Crippen molar-refractivity contribution in [3.8, 4) is 0 Å². The lowest BCUT2D eigenvalue weighted by Gasteiger charge is -2.38. The lowest BCUT2D eigenvalue weighted by molar-refractivity contribution is -0.266. The molecule has 2 atom stereocenters. The summed E-state index contributed by atoms with van der Waals surface area (Å²) in [5.41, 5.74) is -3.65. The van der Waals surface area contributed by atoms with Gasteiger partial charge in [-0.15, -0.1) is 0 Å². The van der Waals surface area contributed by atoms with E-state index in [1.54, 1.807) is 6.92 Å². The average Bonchev–Trinajstić information content (AvgIpc) is 3.02. The predicted octanol–water partition coefficient (Wildman–Crippen LogP) is 3.58. The Kier molecular flexibility index (Phi) is 5.50. The van der Waals surface area contributed by atoms with Crippen LogP contribution >= 0.6 is 0 Å². The minimum atomic E-state index is -5.02. The van der Waals surface area contributed by atoms with Crippen LogP contribution in [0.1, 0.15) is 37.8 Å². The molecular weight excluding hydrogens is 418 g/mol. The molecule has 1 aromatic carbocycles. The molecule has 6 nitrogen and oxygen atoms in total. The number of amidine groups is 1. The van der Waals surface area contributed by atoms with Crippen LogP contribution in [0.15, 0.2) is 35.0 Å². The van der Waals surface area contributed by atoms with Crippen LogP contribution in [0.4, 0.5) is 22.4 Å². The van der Waals surface area contributed by atoms with Crippen molar-refractivity contribution in [2.24, 2.45) is 10.9 Å². The predicted molar refractivity (Wildman–Crippen MR) is 105 cm³/mol. The van der Waals surface area contributed by atoms with Crippen LogP contribution in [0.2, 0.25) is 0 Å². The van der Waals surface area contributed by atoms with Gasteiger partial charge in [0.05, 0.1) is 0 Å². The van der Waals surface area contributed by atoms with E-state index in [1.165, 1.54) is 45.2 Å². The smallest absolute Gasteiger partial charge is 0.380 e. The van der Waals surface area contributed by atoms with Crippen LogP contribution in [0.3, 0.4) is 0 Å². The minimum absolute atomic E-state index is 0.0622. The van der Waals surface area contributed by atoms with Crippen molar-refractivity contribution in [3.63, 3.8) is 0 Å². The van der Waals surface area contributed by atoms with E-state index in [-0.39, 0.29) is 11.5 Å². The molecule has 10 heteroatoms. The Morgan fingerprint density at radius 3 is 2.48 bits per heavy atom. The van der Waals surface area contributed by atoms with Crippen molar-refractivity contribution in [1.29, 1.82) is 0 Å². The number of amides is 3. The molecule has 1 saturated heterocycles. The van der Waals surface area contributed by atoms with Crippen LogP contribution in [0.5, 0.6) is 0 Å². The Bertz CT molecular complexity index is 1000. The number of hydrogen-bond acceptors (Lipinski definition) is 4. The number of aliphatic imine (C=N–C) groups is 1. The molecule has 2 heterocycles. The molecule has 2 aliphatic heterocycles. The number of aryl methyl sites for hydroxylation is 1. The number of urea groups is 1. The zero-order valence-corrected chi connectivity index (χ0v) is 17.5. The summed E-state index contributed by atoms with van der Waals surface area (Å²) in [6.45, 7) is 4.65. The first kappa shape index (κ1) is 22.9. The van der Waals surface area contributed by atoms with E-state index in [0.29, 0.717) is 11.1 Å². The van der Waals surface area contributed by atoms with Gasteiger partial charge in [0.1, 0.15) is 17.6 Å². The van der Waals surface area contributed by atoms with E-state index in [4.69, 9.17) is 0 Å². The topological polar surface area (TPSA) is 82.0 Å². The van der Waals surface area contributed by atoms with Crippen molar-refractivity contribution in [3.05, 3.63) is 46.9 Å². The Hall–Kier alpha value is -2.75. The fourth-order valence-corrected chi connectivity index (χ4v) is 4.14. The summed E-state index contributed by atoms with van der Waals surface area (Å²) in [6.07, 6.45) is -5.49. The van der Waals surface area contributed by atoms with Gasteiger partial charge in [0, 0.05) is 19.2 Å². The first-order chi connectivity index (χ1) is 14.1. The second-order valence-corrected chi connectivity index (χ2v) is 8.69. The summed E-state index contributed by atoms with van der Waals surface area (Å²) in [7, 11) is 1.25. The number of nitrogens with one attached hydrogen (secondary N) is 1. The van der Waals surface area contributed by atoms with Gasteiger partial charge in [0.15, 0.2) is 5.60 Å². The maximum atomic E-state index is 14.0. The maximum Gasteiger partial charge on any atom is 0.417 e. The van der Waals surface area contributed by atoms with Gasteiger partial charge in [-0.25, -0.2) is 14.2 Å². The summed E-state index contributed by atoms with van der Waals surface area (Å²) < 4.78 is 55.8. The van der Waals surface area contributed by atoms with Gasteiger partial charge in [0.2, 0.25) is 5.91 Å². The van der Waals surface area contributed by atoms with E-state index in [1.807, 2.05) is 0 Å².